The number of hydrogen-bond donors (Lipinski definition) is 1. The molecule has 1 aromatic heterocycles. The SMILES string of the molecule is Fc1ccc(N/N=C\c2ccc(N3CCOCC3)s2)cc1. The van der Waals surface area contributed by atoms with Gasteiger partial charge in [0.2, 0.25) is 0 Å². The molecule has 0 bridgehead atoms. The number of morpholine rings is 1. The van der Waals surface area contributed by atoms with Crippen molar-refractivity contribution >= 4 is 28.2 Å². The van der Waals surface area contributed by atoms with Gasteiger partial charge in [0.1, 0.15) is 5.82 Å². The van der Waals surface area contributed by atoms with Crippen molar-refractivity contribution in [3.63, 3.8) is 0 Å². The average molecular weight is 305 g/mol. The van der Waals surface area contributed by atoms with Crippen molar-refractivity contribution in [2.75, 3.05) is 36.6 Å². The molecule has 0 radical (unpaired) electrons. The number of rotatable bonds is 4. The summed E-state index contributed by atoms with van der Waals surface area (Å²) in [4.78, 5) is 3.39. The molecule has 1 aliphatic heterocycles. The van der Waals surface area contributed by atoms with E-state index in [1.54, 1.807) is 29.7 Å². The van der Waals surface area contributed by atoms with E-state index in [1.807, 2.05) is 6.07 Å². The second-order valence-corrected chi connectivity index (χ2v) is 5.75. The van der Waals surface area contributed by atoms with Crippen molar-refractivity contribution in [3.05, 3.63) is 47.1 Å². The number of benzene rings is 1. The summed E-state index contributed by atoms with van der Waals surface area (Å²) in [5.41, 5.74) is 3.65. The predicted octanol–water partition coefficient (Wildman–Crippen LogP) is 3.17. The van der Waals surface area contributed by atoms with Gasteiger partial charge >= 0.3 is 0 Å². The Bertz CT molecular complexity index is 606. The maximum atomic E-state index is 12.8. The van der Waals surface area contributed by atoms with Crippen molar-refractivity contribution in [1.29, 1.82) is 0 Å². The van der Waals surface area contributed by atoms with E-state index < -0.39 is 0 Å². The minimum absolute atomic E-state index is 0.252. The predicted molar refractivity (Wildman–Crippen MR) is 85.0 cm³/mol. The highest BCUT2D eigenvalue weighted by atomic mass is 32.1. The normalized spacial score (nSPS) is 15.6. The van der Waals surface area contributed by atoms with Crippen LogP contribution in [0.2, 0.25) is 0 Å². The molecule has 0 saturated carbocycles. The standard InChI is InChI=1S/C15H16FN3OS/c16-12-1-3-13(4-2-12)18-17-11-14-5-6-15(21-14)19-7-9-20-10-8-19/h1-6,11,18H,7-10H2/b17-11-. The maximum Gasteiger partial charge on any atom is 0.123 e. The van der Waals surface area contributed by atoms with Gasteiger partial charge in [-0.15, -0.1) is 11.3 Å². The van der Waals surface area contributed by atoms with Crippen LogP contribution in [0.25, 0.3) is 0 Å². The van der Waals surface area contributed by atoms with Gasteiger partial charge in [0.25, 0.3) is 0 Å². The van der Waals surface area contributed by atoms with Crippen molar-refractivity contribution in [3.8, 4) is 0 Å². The van der Waals surface area contributed by atoms with Crippen molar-refractivity contribution < 1.29 is 9.13 Å². The minimum atomic E-state index is -0.252. The van der Waals surface area contributed by atoms with E-state index >= 15 is 0 Å². The summed E-state index contributed by atoms with van der Waals surface area (Å²) >= 11 is 1.70. The molecule has 110 valence electrons. The molecular formula is C15H16FN3OS. The fraction of sp³-hybridized carbons (Fsp3) is 0.267. The smallest absolute Gasteiger partial charge is 0.123 e. The highest BCUT2D eigenvalue weighted by Crippen LogP contribution is 2.25. The number of ether oxygens (including phenoxy) is 1. The van der Waals surface area contributed by atoms with Crippen molar-refractivity contribution in [2.24, 2.45) is 5.10 Å². The van der Waals surface area contributed by atoms with E-state index in [2.05, 4.69) is 21.5 Å². The molecule has 1 fully saturated rings. The second-order valence-electron chi connectivity index (χ2n) is 4.65. The lowest BCUT2D eigenvalue weighted by Gasteiger charge is -2.27. The van der Waals surface area contributed by atoms with Gasteiger partial charge in [-0.2, -0.15) is 5.10 Å². The van der Waals surface area contributed by atoms with Gasteiger partial charge in [0, 0.05) is 18.0 Å². The lowest BCUT2D eigenvalue weighted by Crippen LogP contribution is -2.35. The molecule has 0 atom stereocenters. The first kappa shape index (κ1) is 14.0. The van der Waals surface area contributed by atoms with E-state index in [0.29, 0.717) is 0 Å². The van der Waals surface area contributed by atoms with E-state index in [-0.39, 0.29) is 5.82 Å². The van der Waals surface area contributed by atoms with Gasteiger partial charge in [0.15, 0.2) is 0 Å². The van der Waals surface area contributed by atoms with Crippen LogP contribution in [0.1, 0.15) is 4.88 Å². The summed E-state index contributed by atoms with van der Waals surface area (Å²) in [5.74, 6) is -0.252. The van der Waals surface area contributed by atoms with Gasteiger partial charge < -0.3 is 9.64 Å². The third-order valence-corrected chi connectivity index (χ3v) is 4.25. The number of nitrogens with one attached hydrogen (secondary N) is 1. The third kappa shape index (κ3) is 3.80. The lowest BCUT2D eigenvalue weighted by atomic mass is 10.3. The fourth-order valence-electron chi connectivity index (χ4n) is 2.06. The number of halogens is 1. The van der Waals surface area contributed by atoms with Crippen LogP contribution in [0.4, 0.5) is 15.1 Å². The molecule has 3 rings (SSSR count). The zero-order valence-corrected chi connectivity index (χ0v) is 12.3. The highest BCUT2D eigenvalue weighted by Gasteiger charge is 2.12. The molecule has 1 aromatic carbocycles. The molecule has 1 N–H and O–H groups in total. The van der Waals surface area contributed by atoms with Gasteiger partial charge in [-0.25, -0.2) is 4.39 Å². The molecule has 0 unspecified atom stereocenters. The Balaban J connectivity index is 1.58. The first-order valence-electron chi connectivity index (χ1n) is 6.78. The van der Waals surface area contributed by atoms with Gasteiger partial charge in [-0.1, -0.05) is 0 Å². The number of hydrogen-bond acceptors (Lipinski definition) is 5. The second kappa shape index (κ2) is 6.69. The van der Waals surface area contributed by atoms with Crippen LogP contribution in [0.15, 0.2) is 41.5 Å². The maximum absolute atomic E-state index is 12.8. The summed E-state index contributed by atoms with van der Waals surface area (Å²) in [5, 5.41) is 5.41. The van der Waals surface area contributed by atoms with E-state index in [9.17, 15) is 4.39 Å². The van der Waals surface area contributed by atoms with Crippen LogP contribution < -0.4 is 10.3 Å². The molecular weight excluding hydrogens is 289 g/mol. The Morgan fingerprint density at radius 1 is 1.14 bits per heavy atom. The molecule has 1 aliphatic rings. The fourth-order valence-corrected chi connectivity index (χ4v) is 2.99. The molecule has 6 heteroatoms. The molecule has 0 spiro atoms. The van der Waals surface area contributed by atoms with Crippen molar-refractivity contribution in [1.82, 2.24) is 0 Å². The van der Waals surface area contributed by atoms with E-state index in [0.717, 1.165) is 36.9 Å². The molecule has 0 aliphatic carbocycles. The highest BCUT2D eigenvalue weighted by molar-refractivity contribution is 7.17. The Morgan fingerprint density at radius 3 is 2.67 bits per heavy atom. The van der Waals surface area contributed by atoms with Gasteiger partial charge in [-0.05, 0) is 36.4 Å². The number of anilines is 2. The van der Waals surface area contributed by atoms with Gasteiger partial charge in [0.05, 0.1) is 30.1 Å². The number of thiophene rings is 1. The van der Waals surface area contributed by atoms with Crippen molar-refractivity contribution in [2.45, 2.75) is 0 Å². The topological polar surface area (TPSA) is 36.9 Å². The first-order chi connectivity index (χ1) is 10.3. The molecule has 0 amide bonds. The first-order valence-corrected chi connectivity index (χ1v) is 7.60. The summed E-state index contributed by atoms with van der Waals surface area (Å²) < 4.78 is 18.1. The Hall–Kier alpha value is -1.92. The van der Waals surface area contributed by atoms with Crippen LogP contribution in [0, 0.1) is 5.82 Å². The Labute approximate surface area is 126 Å². The lowest BCUT2D eigenvalue weighted by molar-refractivity contribution is 0.123. The Morgan fingerprint density at radius 2 is 1.90 bits per heavy atom. The minimum Gasteiger partial charge on any atom is -0.378 e. The Kier molecular flexibility index (Phi) is 4.47. The zero-order chi connectivity index (χ0) is 14.5. The zero-order valence-electron chi connectivity index (χ0n) is 11.5. The summed E-state index contributed by atoms with van der Waals surface area (Å²) in [6, 6.07) is 10.3. The largest absolute Gasteiger partial charge is 0.378 e. The monoisotopic (exact) mass is 305 g/mol. The molecule has 4 nitrogen and oxygen atoms in total. The van der Waals surface area contributed by atoms with Gasteiger partial charge in [-0.3, -0.25) is 5.43 Å². The van der Waals surface area contributed by atoms with E-state index in [1.165, 1.54) is 17.1 Å². The summed E-state index contributed by atoms with van der Waals surface area (Å²) in [7, 11) is 0. The number of nitrogens with zero attached hydrogens (tertiary/aromatic N) is 2. The molecule has 1 saturated heterocycles. The summed E-state index contributed by atoms with van der Waals surface area (Å²) in [6.45, 7) is 3.44. The third-order valence-electron chi connectivity index (χ3n) is 3.17. The molecule has 2 heterocycles. The quantitative estimate of drug-likeness (QED) is 0.696. The van der Waals surface area contributed by atoms with Crippen LogP contribution in [-0.2, 0) is 4.74 Å². The van der Waals surface area contributed by atoms with Crippen LogP contribution in [0.3, 0.4) is 0 Å². The molecule has 21 heavy (non-hydrogen) atoms. The van der Waals surface area contributed by atoms with Crippen LogP contribution >= 0.6 is 11.3 Å². The number of hydrazone groups is 1. The van der Waals surface area contributed by atoms with Crippen LogP contribution in [-0.4, -0.2) is 32.5 Å². The molecule has 2 aromatic rings. The summed E-state index contributed by atoms with van der Waals surface area (Å²) in [6.07, 6.45) is 1.78. The average Bonchev–Trinajstić information content (AvgIpc) is 2.99. The van der Waals surface area contributed by atoms with Crippen LogP contribution in [0.5, 0.6) is 0 Å². The van der Waals surface area contributed by atoms with E-state index in [4.69, 9.17) is 4.74 Å².